The van der Waals surface area contributed by atoms with Gasteiger partial charge in [-0.3, -0.25) is 9.69 Å². The minimum absolute atomic E-state index is 0.165. The number of nitrogens with one attached hydrogen (secondary N) is 1. The van der Waals surface area contributed by atoms with Crippen LogP contribution in [0.3, 0.4) is 0 Å². The van der Waals surface area contributed by atoms with Gasteiger partial charge in [0.1, 0.15) is 5.54 Å². The molecule has 0 unspecified atom stereocenters. The van der Waals surface area contributed by atoms with E-state index in [1.807, 2.05) is 30.3 Å². The molecule has 2 aliphatic rings. The van der Waals surface area contributed by atoms with Gasteiger partial charge in [0, 0.05) is 13.1 Å². The molecule has 1 N–H and O–H groups in total. The second-order valence-electron chi connectivity index (χ2n) is 6.60. The molecule has 0 spiro atoms. The number of piperidine rings is 1. The third kappa shape index (κ3) is 2.61. The Kier molecular flexibility index (Phi) is 3.91. The van der Waals surface area contributed by atoms with Crippen molar-refractivity contribution in [2.24, 2.45) is 5.92 Å². The van der Waals surface area contributed by atoms with Gasteiger partial charge in [-0.1, -0.05) is 37.3 Å². The Morgan fingerprint density at radius 1 is 1.18 bits per heavy atom. The summed E-state index contributed by atoms with van der Waals surface area (Å²) < 4.78 is 0. The molecule has 5 heteroatoms. The van der Waals surface area contributed by atoms with Crippen molar-refractivity contribution >= 4 is 11.9 Å². The maximum absolute atomic E-state index is 12.8. The van der Waals surface area contributed by atoms with Gasteiger partial charge < -0.3 is 5.32 Å². The third-order valence-electron chi connectivity index (χ3n) is 4.84. The van der Waals surface area contributed by atoms with Gasteiger partial charge in [0.25, 0.3) is 5.91 Å². The van der Waals surface area contributed by atoms with Crippen molar-refractivity contribution in [3.8, 4) is 0 Å². The fourth-order valence-corrected chi connectivity index (χ4v) is 3.20. The van der Waals surface area contributed by atoms with E-state index in [0.29, 0.717) is 6.67 Å². The van der Waals surface area contributed by atoms with Crippen LogP contribution < -0.4 is 5.32 Å². The molecular formula is C17H23N3O2. The first-order valence-corrected chi connectivity index (χ1v) is 7.92. The van der Waals surface area contributed by atoms with E-state index < -0.39 is 5.54 Å². The van der Waals surface area contributed by atoms with Crippen LogP contribution in [0, 0.1) is 5.92 Å². The summed E-state index contributed by atoms with van der Waals surface area (Å²) in [7, 11) is 0. The van der Waals surface area contributed by atoms with Crippen molar-refractivity contribution in [1.29, 1.82) is 0 Å². The Morgan fingerprint density at radius 2 is 1.82 bits per heavy atom. The van der Waals surface area contributed by atoms with Gasteiger partial charge in [-0.15, -0.1) is 0 Å². The van der Waals surface area contributed by atoms with Crippen LogP contribution >= 0.6 is 0 Å². The van der Waals surface area contributed by atoms with Crippen LogP contribution in [0.5, 0.6) is 0 Å². The van der Waals surface area contributed by atoms with E-state index in [1.165, 1.54) is 4.90 Å². The molecule has 1 aromatic carbocycles. The van der Waals surface area contributed by atoms with Crippen molar-refractivity contribution in [3.63, 3.8) is 0 Å². The Balaban J connectivity index is 1.74. The number of hydrogen-bond donors (Lipinski definition) is 1. The number of imide groups is 1. The van der Waals surface area contributed by atoms with E-state index in [1.54, 1.807) is 6.92 Å². The van der Waals surface area contributed by atoms with Crippen molar-refractivity contribution in [2.45, 2.75) is 32.2 Å². The lowest BCUT2D eigenvalue weighted by Crippen LogP contribution is -2.46. The number of hydrogen-bond acceptors (Lipinski definition) is 3. The number of urea groups is 1. The minimum atomic E-state index is -0.957. The molecule has 5 nitrogen and oxygen atoms in total. The Labute approximate surface area is 131 Å². The molecule has 2 fully saturated rings. The Hall–Kier alpha value is -1.88. The molecule has 3 rings (SSSR count). The van der Waals surface area contributed by atoms with Gasteiger partial charge in [-0.2, -0.15) is 0 Å². The molecule has 3 amide bonds. The van der Waals surface area contributed by atoms with E-state index in [4.69, 9.17) is 0 Å². The SMILES string of the molecule is CC1CCN(CN2C(=O)N[C@](C)(c3ccccc3)C2=O)CC1. The second kappa shape index (κ2) is 5.72. The molecule has 2 heterocycles. The predicted molar refractivity (Wildman–Crippen MR) is 84.0 cm³/mol. The van der Waals surface area contributed by atoms with E-state index in [2.05, 4.69) is 17.1 Å². The third-order valence-corrected chi connectivity index (χ3v) is 4.84. The Morgan fingerprint density at radius 3 is 2.45 bits per heavy atom. The van der Waals surface area contributed by atoms with E-state index in [0.717, 1.165) is 37.4 Å². The lowest BCUT2D eigenvalue weighted by atomic mass is 9.92. The molecule has 1 atom stereocenters. The summed E-state index contributed by atoms with van der Waals surface area (Å²) in [4.78, 5) is 28.6. The maximum atomic E-state index is 12.8. The van der Waals surface area contributed by atoms with Gasteiger partial charge in [-0.05, 0) is 31.2 Å². The van der Waals surface area contributed by atoms with Crippen LogP contribution in [-0.2, 0) is 10.3 Å². The number of rotatable bonds is 3. The average molecular weight is 301 g/mol. The van der Waals surface area contributed by atoms with Gasteiger partial charge in [0.15, 0.2) is 0 Å². The maximum Gasteiger partial charge on any atom is 0.326 e. The summed E-state index contributed by atoms with van der Waals surface area (Å²) in [5.41, 5.74) is -0.135. The van der Waals surface area contributed by atoms with Gasteiger partial charge in [-0.25, -0.2) is 9.69 Å². The number of benzene rings is 1. The van der Waals surface area contributed by atoms with E-state index in [9.17, 15) is 9.59 Å². The molecule has 2 aliphatic heterocycles. The molecule has 1 aromatic rings. The highest BCUT2D eigenvalue weighted by Gasteiger charge is 2.49. The zero-order valence-corrected chi connectivity index (χ0v) is 13.2. The van der Waals surface area contributed by atoms with Crippen LogP contribution in [0.25, 0.3) is 0 Å². The monoisotopic (exact) mass is 301 g/mol. The fourth-order valence-electron chi connectivity index (χ4n) is 3.20. The summed E-state index contributed by atoms with van der Waals surface area (Å²) in [5, 5.41) is 2.86. The molecule has 22 heavy (non-hydrogen) atoms. The number of carbonyl (C=O) groups excluding carboxylic acids is 2. The summed E-state index contributed by atoms with van der Waals surface area (Å²) in [6.45, 7) is 6.30. The first-order valence-electron chi connectivity index (χ1n) is 7.92. The Bertz CT molecular complexity index is 567. The zero-order valence-electron chi connectivity index (χ0n) is 13.2. The first-order chi connectivity index (χ1) is 10.5. The summed E-state index contributed by atoms with van der Waals surface area (Å²) in [6.07, 6.45) is 2.25. The van der Waals surface area contributed by atoms with Crippen LogP contribution in [0.4, 0.5) is 4.79 Å². The second-order valence-corrected chi connectivity index (χ2v) is 6.60. The number of carbonyl (C=O) groups is 2. The van der Waals surface area contributed by atoms with Crippen LogP contribution in [-0.4, -0.2) is 41.5 Å². The summed E-state index contributed by atoms with van der Waals surface area (Å²) in [5.74, 6) is 0.566. The molecule has 0 aliphatic carbocycles. The predicted octanol–water partition coefficient (Wildman–Crippen LogP) is 2.14. The zero-order chi connectivity index (χ0) is 15.7. The topological polar surface area (TPSA) is 52.6 Å². The van der Waals surface area contributed by atoms with Crippen molar-refractivity contribution in [1.82, 2.24) is 15.1 Å². The quantitative estimate of drug-likeness (QED) is 0.870. The lowest BCUT2D eigenvalue weighted by Gasteiger charge is -2.32. The highest BCUT2D eigenvalue weighted by atomic mass is 16.2. The molecular weight excluding hydrogens is 278 g/mol. The molecule has 2 saturated heterocycles. The first kappa shape index (κ1) is 15.0. The smallest absolute Gasteiger partial charge is 0.319 e. The highest BCUT2D eigenvalue weighted by molar-refractivity contribution is 6.07. The molecule has 0 bridgehead atoms. The molecule has 118 valence electrons. The summed E-state index contributed by atoms with van der Waals surface area (Å²) >= 11 is 0. The van der Waals surface area contributed by atoms with Gasteiger partial charge in [0.2, 0.25) is 0 Å². The van der Waals surface area contributed by atoms with Crippen molar-refractivity contribution in [3.05, 3.63) is 35.9 Å². The molecule has 0 saturated carbocycles. The number of amides is 3. The standard InChI is InChI=1S/C17H23N3O2/c1-13-8-10-19(11-9-13)12-20-15(21)17(2,18-16(20)22)14-6-4-3-5-7-14/h3-7,13H,8-12H2,1-2H3,(H,18,22)/t17-/m1/s1. The molecule has 0 aromatic heterocycles. The molecule has 0 radical (unpaired) electrons. The largest absolute Gasteiger partial charge is 0.326 e. The summed E-state index contributed by atoms with van der Waals surface area (Å²) in [6, 6.07) is 9.13. The number of likely N-dealkylation sites (tertiary alicyclic amines) is 1. The van der Waals surface area contributed by atoms with Gasteiger partial charge >= 0.3 is 6.03 Å². The van der Waals surface area contributed by atoms with Crippen LogP contribution in [0.15, 0.2) is 30.3 Å². The highest BCUT2D eigenvalue weighted by Crippen LogP contribution is 2.29. The van der Waals surface area contributed by atoms with E-state index in [-0.39, 0.29) is 11.9 Å². The number of nitrogens with zero attached hydrogens (tertiary/aromatic N) is 2. The van der Waals surface area contributed by atoms with Crippen molar-refractivity contribution in [2.75, 3.05) is 19.8 Å². The fraction of sp³-hybridized carbons (Fsp3) is 0.529. The van der Waals surface area contributed by atoms with Crippen molar-refractivity contribution < 1.29 is 9.59 Å². The van der Waals surface area contributed by atoms with Gasteiger partial charge in [0.05, 0.1) is 6.67 Å². The van der Waals surface area contributed by atoms with E-state index >= 15 is 0 Å². The van der Waals surface area contributed by atoms with Crippen LogP contribution in [0.2, 0.25) is 0 Å². The lowest BCUT2D eigenvalue weighted by molar-refractivity contribution is -0.132. The minimum Gasteiger partial charge on any atom is -0.319 e. The average Bonchev–Trinajstić information content (AvgIpc) is 2.75. The normalized spacial score (nSPS) is 27.3. The van der Waals surface area contributed by atoms with Crippen LogP contribution in [0.1, 0.15) is 32.3 Å².